The van der Waals surface area contributed by atoms with Gasteiger partial charge < -0.3 is 10.1 Å². The van der Waals surface area contributed by atoms with Crippen molar-refractivity contribution >= 4 is 15.9 Å². The van der Waals surface area contributed by atoms with E-state index in [2.05, 4.69) is 5.32 Å². The van der Waals surface area contributed by atoms with Crippen LogP contribution in [0.2, 0.25) is 0 Å². The standard InChI is InChI=1S/C21H26N2O4S/c1-16(2)27-19-9-5-7-17(13-19)15-22-21(24)18-8-6-10-20(14-18)28(25,26)23-11-3-4-12-23/h5-10,13-14,16H,3-4,11-12,15H2,1-2H3,(H,22,24). The van der Waals surface area contributed by atoms with Crippen molar-refractivity contribution in [1.29, 1.82) is 0 Å². The second-order valence-corrected chi connectivity index (χ2v) is 9.07. The van der Waals surface area contributed by atoms with E-state index in [-0.39, 0.29) is 16.9 Å². The maximum Gasteiger partial charge on any atom is 0.251 e. The Bertz CT molecular complexity index is 935. The summed E-state index contributed by atoms with van der Waals surface area (Å²) in [7, 11) is -3.54. The van der Waals surface area contributed by atoms with Crippen LogP contribution in [0.15, 0.2) is 53.4 Å². The van der Waals surface area contributed by atoms with E-state index >= 15 is 0 Å². The van der Waals surface area contributed by atoms with Gasteiger partial charge in [-0.3, -0.25) is 4.79 Å². The van der Waals surface area contributed by atoms with Crippen LogP contribution >= 0.6 is 0 Å². The van der Waals surface area contributed by atoms with Gasteiger partial charge in [0.15, 0.2) is 0 Å². The van der Waals surface area contributed by atoms with Gasteiger partial charge in [-0.2, -0.15) is 4.31 Å². The summed E-state index contributed by atoms with van der Waals surface area (Å²) in [4.78, 5) is 12.7. The van der Waals surface area contributed by atoms with Crippen LogP contribution in [0.1, 0.15) is 42.6 Å². The number of hydrogen-bond acceptors (Lipinski definition) is 4. The van der Waals surface area contributed by atoms with Crippen molar-refractivity contribution in [3.8, 4) is 5.75 Å². The molecule has 0 aromatic heterocycles. The van der Waals surface area contributed by atoms with Gasteiger partial charge in [-0.05, 0) is 62.6 Å². The Morgan fingerprint density at radius 3 is 2.54 bits per heavy atom. The highest BCUT2D eigenvalue weighted by Crippen LogP contribution is 2.21. The van der Waals surface area contributed by atoms with E-state index in [4.69, 9.17) is 4.74 Å². The molecule has 0 radical (unpaired) electrons. The van der Waals surface area contributed by atoms with Crippen molar-refractivity contribution in [3.05, 3.63) is 59.7 Å². The van der Waals surface area contributed by atoms with Gasteiger partial charge in [-0.15, -0.1) is 0 Å². The topological polar surface area (TPSA) is 75.7 Å². The number of carbonyl (C=O) groups is 1. The number of nitrogens with one attached hydrogen (secondary N) is 1. The van der Waals surface area contributed by atoms with E-state index in [1.54, 1.807) is 12.1 Å². The third kappa shape index (κ3) is 4.91. The number of sulfonamides is 1. The summed E-state index contributed by atoms with van der Waals surface area (Å²) in [5.41, 5.74) is 1.24. The molecule has 2 aromatic carbocycles. The Morgan fingerprint density at radius 1 is 1.11 bits per heavy atom. The monoisotopic (exact) mass is 402 g/mol. The number of amides is 1. The molecule has 0 bridgehead atoms. The first-order valence-electron chi connectivity index (χ1n) is 9.50. The Labute approximate surface area is 166 Å². The first-order valence-corrected chi connectivity index (χ1v) is 10.9. The molecule has 0 spiro atoms. The van der Waals surface area contributed by atoms with Crippen molar-refractivity contribution in [2.45, 2.75) is 44.2 Å². The zero-order valence-electron chi connectivity index (χ0n) is 16.2. The minimum absolute atomic E-state index is 0.0742. The molecule has 1 amide bonds. The summed E-state index contributed by atoms with van der Waals surface area (Å²) in [6.45, 7) is 5.31. The molecular formula is C21H26N2O4S. The lowest BCUT2D eigenvalue weighted by Gasteiger charge is -2.16. The second-order valence-electron chi connectivity index (χ2n) is 7.14. The molecule has 7 heteroatoms. The van der Waals surface area contributed by atoms with Crippen LogP contribution in [0.5, 0.6) is 5.75 Å². The lowest BCUT2D eigenvalue weighted by Crippen LogP contribution is -2.28. The number of carbonyl (C=O) groups excluding carboxylic acids is 1. The van der Waals surface area contributed by atoms with Crippen LogP contribution in [0.3, 0.4) is 0 Å². The quantitative estimate of drug-likeness (QED) is 0.772. The molecule has 1 fully saturated rings. The molecule has 2 aromatic rings. The lowest BCUT2D eigenvalue weighted by atomic mass is 10.2. The first kappa shape index (κ1) is 20.4. The molecule has 6 nitrogen and oxygen atoms in total. The molecule has 1 aliphatic rings. The highest BCUT2D eigenvalue weighted by Gasteiger charge is 2.27. The second kappa shape index (κ2) is 8.75. The maximum atomic E-state index is 12.7. The summed E-state index contributed by atoms with van der Waals surface area (Å²) in [5, 5.41) is 2.84. The van der Waals surface area contributed by atoms with Crippen molar-refractivity contribution in [2.75, 3.05) is 13.1 Å². The highest BCUT2D eigenvalue weighted by molar-refractivity contribution is 7.89. The van der Waals surface area contributed by atoms with E-state index in [0.717, 1.165) is 24.2 Å². The van der Waals surface area contributed by atoms with Gasteiger partial charge in [0.2, 0.25) is 10.0 Å². The van der Waals surface area contributed by atoms with Gasteiger partial charge in [-0.25, -0.2) is 8.42 Å². The van der Waals surface area contributed by atoms with Gasteiger partial charge in [0.25, 0.3) is 5.91 Å². The predicted molar refractivity (Wildman–Crippen MR) is 108 cm³/mol. The molecule has 0 unspecified atom stereocenters. The maximum absolute atomic E-state index is 12.7. The van der Waals surface area contributed by atoms with Crippen molar-refractivity contribution in [2.24, 2.45) is 0 Å². The van der Waals surface area contributed by atoms with E-state index in [9.17, 15) is 13.2 Å². The smallest absolute Gasteiger partial charge is 0.251 e. The molecule has 150 valence electrons. The van der Waals surface area contributed by atoms with E-state index < -0.39 is 10.0 Å². The van der Waals surface area contributed by atoms with Crippen molar-refractivity contribution in [1.82, 2.24) is 9.62 Å². The zero-order valence-corrected chi connectivity index (χ0v) is 17.0. The fraction of sp³-hybridized carbons (Fsp3) is 0.381. The summed E-state index contributed by atoms with van der Waals surface area (Å²) in [6.07, 6.45) is 1.82. The minimum Gasteiger partial charge on any atom is -0.491 e. The van der Waals surface area contributed by atoms with E-state index in [1.165, 1.54) is 16.4 Å². The third-order valence-corrected chi connectivity index (χ3v) is 6.42. The summed E-state index contributed by atoms with van der Waals surface area (Å²) in [6, 6.07) is 13.8. The van der Waals surface area contributed by atoms with Gasteiger partial charge in [0, 0.05) is 25.2 Å². The van der Waals surface area contributed by atoms with Crippen LogP contribution in [-0.2, 0) is 16.6 Å². The van der Waals surface area contributed by atoms with E-state index in [1.807, 2.05) is 38.1 Å². The highest BCUT2D eigenvalue weighted by atomic mass is 32.2. The summed E-state index contributed by atoms with van der Waals surface area (Å²) >= 11 is 0. The number of nitrogens with zero attached hydrogens (tertiary/aromatic N) is 1. The molecular weight excluding hydrogens is 376 g/mol. The summed E-state index contributed by atoms with van der Waals surface area (Å²) < 4.78 is 32.5. The summed E-state index contributed by atoms with van der Waals surface area (Å²) in [5.74, 6) is 0.439. The van der Waals surface area contributed by atoms with Crippen LogP contribution in [-0.4, -0.2) is 37.8 Å². The lowest BCUT2D eigenvalue weighted by molar-refractivity contribution is 0.0950. The molecule has 1 N–H and O–H groups in total. The van der Waals surface area contributed by atoms with Crippen LogP contribution in [0, 0.1) is 0 Å². The molecule has 1 aliphatic heterocycles. The fourth-order valence-corrected chi connectivity index (χ4v) is 4.72. The van der Waals surface area contributed by atoms with Crippen LogP contribution < -0.4 is 10.1 Å². The number of ether oxygens (including phenoxy) is 1. The number of hydrogen-bond donors (Lipinski definition) is 1. The molecule has 0 atom stereocenters. The van der Waals surface area contributed by atoms with Gasteiger partial charge in [-0.1, -0.05) is 18.2 Å². The van der Waals surface area contributed by atoms with Gasteiger partial charge in [0.05, 0.1) is 11.0 Å². The molecule has 1 saturated heterocycles. The fourth-order valence-electron chi connectivity index (χ4n) is 3.16. The first-order chi connectivity index (χ1) is 13.4. The SMILES string of the molecule is CC(C)Oc1cccc(CNC(=O)c2cccc(S(=O)(=O)N3CCCC3)c2)c1. The number of rotatable bonds is 7. The average Bonchev–Trinajstić information content (AvgIpc) is 3.22. The molecule has 0 saturated carbocycles. The van der Waals surface area contributed by atoms with Gasteiger partial charge in [0.1, 0.15) is 5.75 Å². The van der Waals surface area contributed by atoms with Crippen molar-refractivity contribution in [3.63, 3.8) is 0 Å². The van der Waals surface area contributed by atoms with Gasteiger partial charge >= 0.3 is 0 Å². The molecule has 1 heterocycles. The molecule has 28 heavy (non-hydrogen) atoms. The third-order valence-electron chi connectivity index (χ3n) is 4.52. The molecule has 3 rings (SSSR count). The molecule has 0 aliphatic carbocycles. The largest absolute Gasteiger partial charge is 0.491 e. The van der Waals surface area contributed by atoms with E-state index in [0.29, 0.717) is 25.2 Å². The predicted octanol–water partition coefficient (Wildman–Crippen LogP) is 3.19. The Kier molecular flexibility index (Phi) is 6.36. The van der Waals surface area contributed by atoms with Crippen molar-refractivity contribution < 1.29 is 17.9 Å². The van der Waals surface area contributed by atoms with Crippen LogP contribution in [0.25, 0.3) is 0 Å². The Balaban J connectivity index is 1.68. The minimum atomic E-state index is -3.54. The Morgan fingerprint density at radius 2 is 1.82 bits per heavy atom. The number of benzene rings is 2. The Hall–Kier alpha value is -2.38. The van der Waals surface area contributed by atoms with Crippen LogP contribution in [0.4, 0.5) is 0 Å². The zero-order chi connectivity index (χ0) is 20.1. The normalized spacial score (nSPS) is 15.0. The average molecular weight is 403 g/mol.